The molecule has 1 heterocycles. The second-order valence-electron chi connectivity index (χ2n) is 5.41. The Hall–Kier alpha value is -2.08. The second kappa shape index (κ2) is 6.58. The molecule has 2 rings (SSSR count). The fourth-order valence-electron chi connectivity index (χ4n) is 2.33. The highest BCUT2D eigenvalue weighted by atomic mass is 16.4. The smallest absolute Gasteiger partial charge is 0.335 e. The number of carboxylic acid groups (broad SMARTS) is 1. The second-order valence-corrected chi connectivity index (χ2v) is 5.41. The number of nitrogens with one attached hydrogen (secondary N) is 1. The maximum atomic E-state index is 12.3. The molecule has 0 radical (unpaired) electrons. The molecule has 21 heavy (non-hydrogen) atoms. The van der Waals surface area contributed by atoms with E-state index in [4.69, 9.17) is 5.11 Å². The number of carbonyl (C=O) groups excluding carboxylic acids is 1. The zero-order valence-electron chi connectivity index (χ0n) is 12.4. The van der Waals surface area contributed by atoms with Gasteiger partial charge in [0.1, 0.15) is 0 Å². The van der Waals surface area contributed by atoms with Gasteiger partial charge in [-0.2, -0.15) is 0 Å². The lowest BCUT2D eigenvalue weighted by Crippen LogP contribution is -2.37. The Balaban J connectivity index is 2.08. The first-order valence-electron chi connectivity index (χ1n) is 7.06. The van der Waals surface area contributed by atoms with Gasteiger partial charge in [-0.3, -0.25) is 0 Å². The van der Waals surface area contributed by atoms with Crippen molar-refractivity contribution in [2.24, 2.45) is 0 Å². The Bertz CT molecular complexity index is 545. The molecule has 1 aromatic rings. The number of hydrogen-bond acceptors (Lipinski definition) is 3. The van der Waals surface area contributed by atoms with Crippen molar-refractivity contribution in [3.05, 3.63) is 29.3 Å². The molecule has 1 fully saturated rings. The number of amides is 2. The number of benzene rings is 1. The van der Waals surface area contributed by atoms with Crippen LogP contribution in [0.3, 0.4) is 0 Å². The number of anilines is 1. The molecule has 6 heteroatoms. The molecule has 1 aromatic carbocycles. The Kier molecular flexibility index (Phi) is 4.80. The number of rotatable bonds is 2. The van der Waals surface area contributed by atoms with E-state index in [1.165, 1.54) is 12.1 Å². The predicted octanol–water partition coefficient (Wildman–Crippen LogP) is 1.86. The highest BCUT2D eigenvalue weighted by Gasteiger charge is 2.18. The molecule has 0 saturated carbocycles. The van der Waals surface area contributed by atoms with Crippen LogP contribution in [0.4, 0.5) is 10.5 Å². The van der Waals surface area contributed by atoms with E-state index in [1.54, 1.807) is 11.0 Å². The summed E-state index contributed by atoms with van der Waals surface area (Å²) in [6.45, 7) is 5.07. The normalized spacial score (nSPS) is 16.4. The number of nitrogens with zero attached hydrogens (tertiary/aromatic N) is 2. The van der Waals surface area contributed by atoms with Crippen LogP contribution in [0.2, 0.25) is 0 Å². The number of carbonyl (C=O) groups is 2. The van der Waals surface area contributed by atoms with Crippen molar-refractivity contribution < 1.29 is 14.7 Å². The number of hydrogen-bond donors (Lipinski definition) is 2. The molecule has 1 saturated heterocycles. The van der Waals surface area contributed by atoms with Gasteiger partial charge in [-0.1, -0.05) is 6.07 Å². The van der Waals surface area contributed by atoms with Crippen LogP contribution in [0, 0.1) is 6.92 Å². The minimum absolute atomic E-state index is 0.170. The maximum absolute atomic E-state index is 12.3. The van der Waals surface area contributed by atoms with E-state index >= 15 is 0 Å². The minimum Gasteiger partial charge on any atom is -0.478 e. The number of carboxylic acids is 1. The highest BCUT2D eigenvalue weighted by molar-refractivity contribution is 5.94. The minimum atomic E-state index is -0.998. The van der Waals surface area contributed by atoms with Crippen LogP contribution < -0.4 is 5.32 Å². The summed E-state index contributed by atoms with van der Waals surface area (Å²) in [5.41, 5.74) is 1.57. The van der Waals surface area contributed by atoms with E-state index in [0.29, 0.717) is 18.8 Å². The van der Waals surface area contributed by atoms with Crippen molar-refractivity contribution in [2.75, 3.05) is 38.5 Å². The van der Waals surface area contributed by atoms with E-state index in [-0.39, 0.29) is 11.6 Å². The number of urea groups is 1. The summed E-state index contributed by atoms with van der Waals surface area (Å²) in [5.74, 6) is -0.998. The molecule has 2 amide bonds. The first-order chi connectivity index (χ1) is 9.97. The Morgan fingerprint density at radius 3 is 2.67 bits per heavy atom. The molecule has 6 nitrogen and oxygen atoms in total. The van der Waals surface area contributed by atoms with Crippen molar-refractivity contribution in [1.29, 1.82) is 0 Å². The zero-order valence-corrected chi connectivity index (χ0v) is 12.4. The van der Waals surface area contributed by atoms with Crippen molar-refractivity contribution in [2.45, 2.75) is 13.3 Å². The van der Waals surface area contributed by atoms with E-state index < -0.39 is 5.97 Å². The lowest BCUT2D eigenvalue weighted by atomic mass is 10.1. The average Bonchev–Trinajstić information content (AvgIpc) is 2.65. The van der Waals surface area contributed by atoms with Gasteiger partial charge in [0.15, 0.2) is 0 Å². The third-order valence-electron chi connectivity index (χ3n) is 3.73. The van der Waals surface area contributed by atoms with Gasteiger partial charge in [-0.25, -0.2) is 9.59 Å². The third kappa shape index (κ3) is 3.95. The molecule has 0 unspecified atom stereocenters. The van der Waals surface area contributed by atoms with Gasteiger partial charge in [0, 0.05) is 25.3 Å². The van der Waals surface area contributed by atoms with Gasteiger partial charge in [-0.15, -0.1) is 0 Å². The average molecular weight is 291 g/mol. The molecule has 2 N–H and O–H groups in total. The molecule has 0 aliphatic carbocycles. The van der Waals surface area contributed by atoms with Gasteiger partial charge in [0.05, 0.1) is 5.56 Å². The summed E-state index contributed by atoms with van der Waals surface area (Å²) in [7, 11) is 2.04. The van der Waals surface area contributed by atoms with E-state index in [0.717, 1.165) is 25.1 Å². The summed E-state index contributed by atoms with van der Waals surface area (Å²) in [6.07, 6.45) is 0.943. The summed E-state index contributed by atoms with van der Waals surface area (Å²) < 4.78 is 0. The van der Waals surface area contributed by atoms with Crippen LogP contribution in [-0.2, 0) is 0 Å². The van der Waals surface area contributed by atoms with Gasteiger partial charge in [0.25, 0.3) is 0 Å². The predicted molar refractivity (Wildman–Crippen MR) is 80.8 cm³/mol. The van der Waals surface area contributed by atoms with Crippen molar-refractivity contribution >= 4 is 17.7 Å². The SMILES string of the molecule is Cc1ccc(C(=O)O)cc1NC(=O)N1CCCN(C)CC1. The van der Waals surface area contributed by atoms with Crippen LogP contribution in [0.15, 0.2) is 18.2 Å². The van der Waals surface area contributed by atoms with Crippen LogP contribution in [0.1, 0.15) is 22.3 Å². The molecule has 1 aliphatic rings. The first kappa shape index (κ1) is 15.3. The van der Waals surface area contributed by atoms with Crippen molar-refractivity contribution in [1.82, 2.24) is 9.80 Å². The van der Waals surface area contributed by atoms with E-state index in [9.17, 15) is 9.59 Å². The fraction of sp³-hybridized carbons (Fsp3) is 0.467. The molecule has 114 valence electrons. The molecular formula is C15H21N3O3. The molecule has 0 atom stereocenters. The zero-order chi connectivity index (χ0) is 15.4. The summed E-state index contributed by atoms with van der Waals surface area (Å²) >= 11 is 0. The van der Waals surface area contributed by atoms with Gasteiger partial charge < -0.3 is 20.2 Å². The number of aryl methyl sites for hydroxylation is 1. The van der Waals surface area contributed by atoms with E-state index in [1.807, 2.05) is 14.0 Å². The Morgan fingerprint density at radius 1 is 1.19 bits per heavy atom. The van der Waals surface area contributed by atoms with Crippen LogP contribution in [-0.4, -0.2) is 60.1 Å². The molecule has 0 bridgehead atoms. The molecule has 0 aromatic heterocycles. The van der Waals surface area contributed by atoms with Gasteiger partial charge in [-0.05, 0) is 44.6 Å². The summed E-state index contributed by atoms with van der Waals surface area (Å²) in [4.78, 5) is 27.3. The quantitative estimate of drug-likeness (QED) is 0.872. The van der Waals surface area contributed by atoms with Gasteiger partial charge in [0.2, 0.25) is 0 Å². The highest BCUT2D eigenvalue weighted by Crippen LogP contribution is 2.18. The largest absolute Gasteiger partial charge is 0.478 e. The maximum Gasteiger partial charge on any atom is 0.335 e. The first-order valence-corrected chi connectivity index (χ1v) is 7.06. The standard InChI is InChI=1S/C15H21N3O3/c1-11-4-5-12(14(19)20)10-13(11)16-15(21)18-7-3-6-17(2)8-9-18/h4-5,10H,3,6-9H2,1-2H3,(H,16,21)(H,19,20). The Morgan fingerprint density at radius 2 is 1.95 bits per heavy atom. The van der Waals surface area contributed by atoms with Crippen molar-refractivity contribution in [3.63, 3.8) is 0 Å². The lowest BCUT2D eigenvalue weighted by Gasteiger charge is -2.21. The molecule has 1 aliphatic heterocycles. The topological polar surface area (TPSA) is 72.9 Å². The lowest BCUT2D eigenvalue weighted by molar-refractivity contribution is 0.0697. The number of likely N-dealkylation sites (N-methyl/N-ethyl adjacent to an activating group) is 1. The third-order valence-corrected chi connectivity index (χ3v) is 3.73. The van der Waals surface area contributed by atoms with Crippen LogP contribution >= 0.6 is 0 Å². The fourth-order valence-corrected chi connectivity index (χ4v) is 2.33. The van der Waals surface area contributed by atoms with Crippen LogP contribution in [0.5, 0.6) is 0 Å². The summed E-state index contributed by atoms with van der Waals surface area (Å²) in [5, 5.41) is 11.8. The number of aromatic carboxylic acids is 1. The van der Waals surface area contributed by atoms with Crippen LogP contribution in [0.25, 0.3) is 0 Å². The molecular weight excluding hydrogens is 270 g/mol. The van der Waals surface area contributed by atoms with E-state index in [2.05, 4.69) is 10.2 Å². The van der Waals surface area contributed by atoms with Crippen molar-refractivity contribution in [3.8, 4) is 0 Å². The summed E-state index contributed by atoms with van der Waals surface area (Å²) in [6, 6.07) is 4.57. The monoisotopic (exact) mass is 291 g/mol. The Labute approximate surface area is 124 Å². The van der Waals surface area contributed by atoms with Gasteiger partial charge >= 0.3 is 12.0 Å². The molecule has 0 spiro atoms.